The lowest BCUT2D eigenvalue weighted by molar-refractivity contribution is -0.130. The molecule has 1 spiro atoms. The summed E-state index contributed by atoms with van der Waals surface area (Å²) in [5, 5.41) is 0. The van der Waals surface area contributed by atoms with Gasteiger partial charge in [0.15, 0.2) is 0 Å². The molecule has 3 heterocycles. The summed E-state index contributed by atoms with van der Waals surface area (Å²) < 4.78 is 5.52. The first-order valence-corrected chi connectivity index (χ1v) is 8.42. The van der Waals surface area contributed by atoms with E-state index < -0.39 is 0 Å². The highest BCUT2D eigenvalue weighted by Gasteiger charge is 2.46. The number of likely N-dealkylation sites (N-methyl/N-ethyl adjacent to an activating group) is 3. The van der Waals surface area contributed by atoms with Gasteiger partial charge in [0.1, 0.15) is 0 Å². The van der Waals surface area contributed by atoms with Crippen LogP contribution in [-0.2, 0) is 9.53 Å². The molecule has 0 radical (unpaired) electrons. The number of nitrogens with zero attached hydrogens (tertiary/aromatic N) is 4. The van der Waals surface area contributed by atoms with Gasteiger partial charge in [0.25, 0.3) is 0 Å². The van der Waals surface area contributed by atoms with Crippen molar-refractivity contribution < 1.29 is 9.53 Å². The van der Waals surface area contributed by atoms with Crippen LogP contribution >= 0.6 is 0 Å². The Morgan fingerprint density at radius 1 is 1.09 bits per heavy atom. The van der Waals surface area contributed by atoms with Crippen molar-refractivity contribution in [3.8, 4) is 0 Å². The molecule has 0 aromatic heterocycles. The number of rotatable bonds is 1. The van der Waals surface area contributed by atoms with Crippen LogP contribution in [0.25, 0.3) is 0 Å². The number of morpholine rings is 1. The van der Waals surface area contributed by atoms with Gasteiger partial charge in [-0.25, -0.2) is 0 Å². The van der Waals surface area contributed by atoms with E-state index in [4.69, 9.17) is 4.74 Å². The molecule has 3 fully saturated rings. The fourth-order valence-corrected chi connectivity index (χ4v) is 3.27. The molecule has 128 valence electrons. The average molecular weight is 312 g/mol. The Kier molecular flexibility index (Phi) is 6.20. The van der Waals surface area contributed by atoms with Gasteiger partial charge in [-0.2, -0.15) is 0 Å². The normalized spacial score (nSPS) is 26.3. The molecule has 0 saturated carbocycles. The second-order valence-corrected chi connectivity index (χ2v) is 6.81. The minimum Gasteiger partial charge on any atom is -0.378 e. The summed E-state index contributed by atoms with van der Waals surface area (Å²) in [5.74, 6) is 0.202. The first-order chi connectivity index (χ1) is 10.5. The van der Waals surface area contributed by atoms with Crippen molar-refractivity contribution in [1.82, 2.24) is 19.6 Å². The predicted molar refractivity (Wildman–Crippen MR) is 88.0 cm³/mol. The van der Waals surface area contributed by atoms with Gasteiger partial charge in [-0.15, -0.1) is 0 Å². The molecule has 0 aliphatic carbocycles. The van der Waals surface area contributed by atoms with E-state index >= 15 is 0 Å². The van der Waals surface area contributed by atoms with Crippen LogP contribution in [0.5, 0.6) is 0 Å². The van der Waals surface area contributed by atoms with Crippen molar-refractivity contribution in [2.45, 2.75) is 19.4 Å². The van der Waals surface area contributed by atoms with Crippen LogP contribution < -0.4 is 0 Å². The molecular weight excluding hydrogens is 280 g/mol. The highest BCUT2D eigenvalue weighted by molar-refractivity contribution is 5.73. The molecule has 22 heavy (non-hydrogen) atoms. The molecule has 3 saturated heterocycles. The number of hydrogen-bond donors (Lipinski definition) is 0. The summed E-state index contributed by atoms with van der Waals surface area (Å²) in [7, 11) is 4.30. The molecule has 3 rings (SSSR count). The lowest BCUT2D eigenvalue weighted by atomic mass is 9.88. The summed E-state index contributed by atoms with van der Waals surface area (Å²) in [6.45, 7) is 14.2. The number of carbonyl (C=O) groups is 1. The summed E-state index contributed by atoms with van der Waals surface area (Å²) in [6, 6.07) is 0. The Morgan fingerprint density at radius 2 is 1.73 bits per heavy atom. The minimum absolute atomic E-state index is 0.202. The van der Waals surface area contributed by atoms with Crippen molar-refractivity contribution in [1.29, 1.82) is 0 Å². The van der Waals surface area contributed by atoms with Crippen molar-refractivity contribution in [2.75, 3.05) is 79.7 Å². The van der Waals surface area contributed by atoms with Gasteiger partial charge in [-0.3, -0.25) is 14.6 Å². The average Bonchev–Trinajstić information content (AvgIpc) is 2.47. The zero-order valence-corrected chi connectivity index (χ0v) is 14.7. The van der Waals surface area contributed by atoms with E-state index in [-0.39, 0.29) is 5.91 Å². The second kappa shape index (κ2) is 7.73. The zero-order valence-electron chi connectivity index (χ0n) is 14.7. The van der Waals surface area contributed by atoms with Gasteiger partial charge in [-0.1, -0.05) is 6.92 Å². The molecule has 6 nitrogen and oxygen atoms in total. The highest BCUT2D eigenvalue weighted by atomic mass is 16.5. The van der Waals surface area contributed by atoms with Crippen LogP contribution in [0.15, 0.2) is 0 Å². The number of piperazine rings is 1. The molecule has 0 unspecified atom stereocenters. The SMILES string of the molecule is CC(=O)N1CCN(C)CC1.CCN1CC2(COCCN2C)C1. The van der Waals surface area contributed by atoms with Gasteiger partial charge in [0.2, 0.25) is 5.91 Å². The Labute approximate surface area is 135 Å². The topological polar surface area (TPSA) is 39.3 Å². The molecule has 1 amide bonds. The molecule has 0 atom stereocenters. The summed E-state index contributed by atoms with van der Waals surface area (Å²) >= 11 is 0. The lowest BCUT2D eigenvalue weighted by Crippen LogP contribution is -2.73. The number of likely N-dealkylation sites (tertiary alicyclic amines) is 1. The van der Waals surface area contributed by atoms with Gasteiger partial charge in [0, 0.05) is 52.7 Å². The predicted octanol–water partition coefficient (Wildman–Crippen LogP) is -0.197. The van der Waals surface area contributed by atoms with Crippen molar-refractivity contribution in [3.63, 3.8) is 0 Å². The van der Waals surface area contributed by atoms with Crippen LogP contribution in [0.2, 0.25) is 0 Å². The van der Waals surface area contributed by atoms with Crippen molar-refractivity contribution in [3.05, 3.63) is 0 Å². The first-order valence-electron chi connectivity index (χ1n) is 8.42. The lowest BCUT2D eigenvalue weighted by Gasteiger charge is -2.56. The van der Waals surface area contributed by atoms with E-state index in [1.54, 1.807) is 6.92 Å². The van der Waals surface area contributed by atoms with Crippen molar-refractivity contribution in [2.24, 2.45) is 0 Å². The van der Waals surface area contributed by atoms with Gasteiger partial charge < -0.3 is 14.5 Å². The van der Waals surface area contributed by atoms with Crippen LogP contribution in [-0.4, -0.2) is 111 Å². The van der Waals surface area contributed by atoms with Crippen molar-refractivity contribution >= 4 is 5.91 Å². The number of carbonyl (C=O) groups excluding carboxylic acids is 1. The fraction of sp³-hybridized carbons (Fsp3) is 0.938. The maximum atomic E-state index is 10.8. The number of amides is 1. The van der Waals surface area contributed by atoms with Crippen LogP contribution in [0.1, 0.15) is 13.8 Å². The largest absolute Gasteiger partial charge is 0.378 e. The Hall–Kier alpha value is -0.690. The van der Waals surface area contributed by atoms with E-state index in [2.05, 4.69) is 35.7 Å². The standard InChI is InChI=1S/C9H18N2O.C7H14N2O/c1-3-11-6-9(7-11)8-12-5-4-10(9)2;1-7(10)9-5-3-8(2)4-6-9/h3-8H2,1-2H3;3-6H2,1-2H3. The molecule has 3 aliphatic heterocycles. The van der Waals surface area contributed by atoms with Gasteiger partial charge >= 0.3 is 0 Å². The third-order valence-corrected chi connectivity index (χ3v) is 5.18. The number of hydrogen-bond acceptors (Lipinski definition) is 5. The molecule has 0 N–H and O–H groups in total. The van der Waals surface area contributed by atoms with E-state index in [1.807, 2.05) is 4.90 Å². The van der Waals surface area contributed by atoms with E-state index in [0.29, 0.717) is 5.54 Å². The molecule has 0 aromatic rings. The highest BCUT2D eigenvalue weighted by Crippen LogP contribution is 2.28. The van der Waals surface area contributed by atoms with Crippen LogP contribution in [0.3, 0.4) is 0 Å². The number of ether oxygens (including phenoxy) is 1. The smallest absolute Gasteiger partial charge is 0.219 e. The first kappa shape index (κ1) is 17.7. The van der Waals surface area contributed by atoms with E-state index in [1.165, 1.54) is 19.6 Å². The maximum Gasteiger partial charge on any atom is 0.219 e. The van der Waals surface area contributed by atoms with Crippen LogP contribution in [0.4, 0.5) is 0 Å². The molecule has 3 aliphatic rings. The monoisotopic (exact) mass is 312 g/mol. The summed E-state index contributed by atoms with van der Waals surface area (Å²) in [5.41, 5.74) is 0.369. The molecule has 0 bridgehead atoms. The second-order valence-electron chi connectivity index (χ2n) is 6.81. The quantitative estimate of drug-likeness (QED) is 0.671. The Balaban J connectivity index is 0.000000164. The Bertz CT molecular complexity index is 363. The molecular formula is C16H32N4O2. The zero-order chi connectivity index (χ0) is 16.2. The third-order valence-electron chi connectivity index (χ3n) is 5.18. The summed E-state index contributed by atoms with van der Waals surface area (Å²) in [4.78, 5) is 19.9. The minimum atomic E-state index is 0.202. The fourth-order valence-electron chi connectivity index (χ4n) is 3.27. The van der Waals surface area contributed by atoms with E-state index in [0.717, 1.165) is 45.9 Å². The third kappa shape index (κ3) is 4.19. The van der Waals surface area contributed by atoms with Crippen LogP contribution in [0, 0.1) is 0 Å². The Morgan fingerprint density at radius 3 is 2.23 bits per heavy atom. The van der Waals surface area contributed by atoms with E-state index in [9.17, 15) is 4.79 Å². The van der Waals surface area contributed by atoms with Gasteiger partial charge in [0.05, 0.1) is 18.8 Å². The van der Waals surface area contributed by atoms with Gasteiger partial charge in [-0.05, 0) is 20.6 Å². The summed E-state index contributed by atoms with van der Waals surface area (Å²) in [6.07, 6.45) is 0. The molecule has 6 heteroatoms. The maximum absolute atomic E-state index is 10.8. The molecule has 0 aromatic carbocycles.